The minimum absolute atomic E-state index is 0.357. The molecule has 0 amide bonds. The number of pyridine rings is 3. The van der Waals surface area contributed by atoms with Crippen molar-refractivity contribution in [2.45, 2.75) is 40.0 Å². The highest BCUT2D eigenvalue weighted by molar-refractivity contribution is 6.10. The van der Waals surface area contributed by atoms with Gasteiger partial charge >= 0.3 is 0 Å². The molecule has 0 unspecified atom stereocenters. The van der Waals surface area contributed by atoms with E-state index < -0.39 is 0 Å². The van der Waals surface area contributed by atoms with Crippen LogP contribution in [-0.2, 0) is 6.42 Å². The molecule has 21 rings (SSSR count). The highest BCUT2D eigenvalue weighted by atomic mass is 15.0. The second kappa shape index (κ2) is 26.5. The molecular formula is C81H65N15. The number of aryl methyl sites for hydroxylation is 2. The van der Waals surface area contributed by atoms with E-state index in [9.17, 15) is 0 Å². The van der Waals surface area contributed by atoms with Crippen LogP contribution in [0.2, 0.25) is 0 Å². The Hall–Kier alpha value is -12.8. The van der Waals surface area contributed by atoms with E-state index in [1.54, 1.807) is 12.5 Å². The molecule has 0 saturated carbocycles. The molecule has 0 aliphatic heterocycles. The summed E-state index contributed by atoms with van der Waals surface area (Å²) in [5.74, 6) is 2.04. The zero-order chi connectivity index (χ0) is 64.9. The van der Waals surface area contributed by atoms with Crippen LogP contribution in [0.15, 0.2) is 268 Å². The zero-order valence-electron chi connectivity index (χ0n) is 53.2. The molecule has 15 nitrogen and oxygen atoms in total. The van der Waals surface area contributed by atoms with Crippen LogP contribution in [0, 0.1) is 13.8 Å². The summed E-state index contributed by atoms with van der Waals surface area (Å²) < 4.78 is 0. The molecule has 0 spiro atoms. The summed E-state index contributed by atoms with van der Waals surface area (Å²) in [4.78, 5) is 58.0. The maximum Gasteiger partial charge on any atom is 0.142 e. The number of hydrogen-bond acceptors (Lipinski definition) is 9. The molecule has 6 N–H and O–H groups in total. The van der Waals surface area contributed by atoms with Gasteiger partial charge in [0.15, 0.2) is 0 Å². The predicted molar refractivity (Wildman–Crippen MR) is 393 cm³/mol. The number of hydrogen-bond donors (Lipinski definition) is 6. The molecule has 464 valence electrons. The minimum Gasteiger partial charge on any atom is -0.354 e. The Kier molecular flexibility index (Phi) is 16.4. The lowest BCUT2D eigenvalue weighted by Crippen LogP contribution is -1.96. The van der Waals surface area contributed by atoms with Crippen LogP contribution < -0.4 is 0 Å². The van der Waals surface area contributed by atoms with Gasteiger partial charge in [0.1, 0.15) is 34.9 Å². The van der Waals surface area contributed by atoms with Crippen molar-refractivity contribution in [3.8, 4) is 11.1 Å². The summed E-state index contributed by atoms with van der Waals surface area (Å²) in [6, 6.07) is 72.8. The number of rotatable bonds is 1. The Balaban J connectivity index is 0.0000000920. The van der Waals surface area contributed by atoms with Crippen LogP contribution in [0.5, 0.6) is 0 Å². The van der Waals surface area contributed by atoms with Crippen molar-refractivity contribution in [2.75, 3.05) is 0 Å². The molecule has 20 aromatic rings. The van der Waals surface area contributed by atoms with Gasteiger partial charge in [0.05, 0.1) is 11.7 Å². The number of fused-ring (bicyclic) bond motifs is 21. The quantitative estimate of drug-likeness (QED) is 0.0922. The monoisotopic (exact) mass is 1250 g/mol. The fourth-order valence-electron chi connectivity index (χ4n) is 12.5. The maximum atomic E-state index is 4.55. The Bertz CT molecular complexity index is 5570. The predicted octanol–water partition coefficient (Wildman–Crippen LogP) is 19.5. The van der Waals surface area contributed by atoms with Crippen molar-refractivity contribution >= 4 is 131 Å². The number of H-pyrrole nitrogens is 6. The number of para-hydroxylation sites is 6. The molecule has 0 radical (unpaired) electrons. The third-order valence-electron chi connectivity index (χ3n) is 17.2. The first kappa shape index (κ1) is 59.5. The Morgan fingerprint density at radius 3 is 1.28 bits per heavy atom. The molecular weight excluding hydrogens is 1180 g/mol. The van der Waals surface area contributed by atoms with Gasteiger partial charge < -0.3 is 29.9 Å². The Morgan fingerprint density at radius 1 is 0.302 bits per heavy atom. The maximum absolute atomic E-state index is 4.55. The van der Waals surface area contributed by atoms with Crippen LogP contribution in [0.1, 0.15) is 48.2 Å². The van der Waals surface area contributed by atoms with E-state index in [2.05, 4.69) is 216 Å². The number of nitrogens with zero attached hydrogens (tertiary/aromatic N) is 9. The molecule has 0 fully saturated rings. The molecule has 0 saturated heterocycles. The molecule has 1 aliphatic carbocycles. The van der Waals surface area contributed by atoms with E-state index in [0.717, 1.165) is 84.4 Å². The van der Waals surface area contributed by atoms with Gasteiger partial charge in [-0.3, -0.25) is 15.0 Å². The van der Waals surface area contributed by atoms with Crippen molar-refractivity contribution in [3.05, 3.63) is 297 Å². The average molecular weight is 1250 g/mol. The molecule has 96 heavy (non-hydrogen) atoms. The van der Waals surface area contributed by atoms with E-state index in [4.69, 9.17) is 0 Å². The SMILES string of the molecule is CC(C)c1ncc2c(n1)[nH]c1ccccc12.Cc1cc2[nH]c3ccccc3c2cn1.Cc1ncc2c(n1)[nH]c1ccccc12.c1ccc2c(c1)Cc1ccccc1-2.c1ccc2c(c1)[nH]c1ccncc12.c1ccc2c(c1)[nH]c1cnccc12.c1ccc2c(c1)[nH]c1ncncc12. The minimum atomic E-state index is 0.357. The fourth-order valence-corrected chi connectivity index (χ4v) is 12.5. The number of aromatic amines is 6. The van der Waals surface area contributed by atoms with Crippen molar-refractivity contribution < 1.29 is 0 Å². The lowest BCUT2D eigenvalue weighted by atomic mass is 10.1. The van der Waals surface area contributed by atoms with Crippen LogP contribution in [0.3, 0.4) is 0 Å². The molecule has 12 heterocycles. The van der Waals surface area contributed by atoms with Gasteiger partial charge in [0, 0.05) is 164 Å². The van der Waals surface area contributed by atoms with Gasteiger partial charge in [-0.25, -0.2) is 29.9 Å². The molecule has 15 heteroatoms. The van der Waals surface area contributed by atoms with Crippen LogP contribution in [0.4, 0.5) is 0 Å². The standard InChI is InChI=1S/C13H13N3.C13H10.C12H10N2.C11H9N3.2C11H8N2.C10H7N3/c1-8(2)12-14-7-10-9-5-3-4-6-11(9)15-13(10)16-12;1-3-7-12-10(5-1)9-11-6-2-4-8-13(11)12;1-8-6-12-10(7-13-8)9-4-2-3-5-11(9)14-12;1-7-12-6-9-8-4-2-3-5-10(8)14-11(9)13-7;1-2-4-10-8(3-1)9-7-12-6-5-11(9)13-10;1-2-4-10-8(3-1)9-5-6-12-7-11(9)13-10;1-2-4-9-7(3-1)8-5-11-6-12-10(8)13-9/h3-8H,1-2H3,(H,14,15,16);1-8H,9H2;2-7,14H,1H3;2-6H,1H3,(H,12,13,14);2*1-7,13H;1-6H,(H,11,12,13). The number of nitrogens with one attached hydrogen (secondary N) is 6. The van der Waals surface area contributed by atoms with Gasteiger partial charge in [0.25, 0.3) is 0 Å². The van der Waals surface area contributed by atoms with E-state index >= 15 is 0 Å². The van der Waals surface area contributed by atoms with Gasteiger partial charge in [-0.1, -0.05) is 172 Å². The molecule has 0 atom stereocenters. The summed E-state index contributed by atoms with van der Waals surface area (Å²) in [6.07, 6.45) is 17.6. The van der Waals surface area contributed by atoms with Crippen LogP contribution in [-0.4, -0.2) is 74.8 Å². The normalized spacial score (nSPS) is 11.4. The smallest absolute Gasteiger partial charge is 0.142 e. The lowest BCUT2D eigenvalue weighted by Gasteiger charge is -2.01. The Morgan fingerprint density at radius 2 is 0.698 bits per heavy atom. The third-order valence-corrected chi connectivity index (χ3v) is 17.2. The summed E-state index contributed by atoms with van der Waals surface area (Å²) in [7, 11) is 0. The molecule has 0 bridgehead atoms. The highest BCUT2D eigenvalue weighted by Crippen LogP contribution is 2.36. The largest absolute Gasteiger partial charge is 0.354 e. The molecule has 12 aromatic heterocycles. The summed E-state index contributed by atoms with van der Waals surface area (Å²) in [6.45, 7) is 8.10. The van der Waals surface area contributed by atoms with Gasteiger partial charge in [0.2, 0.25) is 0 Å². The van der Waals surface area contributed by atoms with E-state index in [0.29, 0.717) is 5.92 Å². The number of benzene rings is 8. The van der Waals surface area contributed by atoms with Crippen LogP contribution in [0.25, 0.3) is 142 Å². The summed E-state index contributed by atoms with van der Waals surface area (Å²) in [5.41, 5.74) is 19.8. The third kappa shape index (κ3) is 12.2. The highest BCUT2D eigenvalue weighted by Gasteiger charge is 2.16. The second-order valence-electron chi connectivity index (χ2n) is 23.8. The fraction of sp³-hybridized carbons (Fsp3) is 0.0741. The first-order valence-corrected chi connectivity index (χ1v) is 31.9. The van der Waals surface area contributed by atoms with Crippen LogP contribution >= 0.6 is 0 Å². The summed E-state index contributed by atoms with van der Waals surface area (Å²) >= 11 is 0. The van der Waals surface area contributed by atoms with Crippen molar-refractivity contribution in [3.63, 3.8) is 0 Å². The van der Waals surface area contributed by atoms with Crippen molar-refractivity contribution in [1.29, 1.82) is 0 Å². The van der Waals surface area contributed by atoms with Crippen molar-refractivity contribution in [1.82, 2.24) is 74.8 Å². The lowest BCUT2D eigenvalue weighted by molar-refractivity contribution is 0.781. The second-order valence-corrected chi connectivity index (χ2v) is 23.8. The van der Waals surface area contributed by atoms with E-state index in [-0.39, 0.29) is 0 Å². The summed E-state index contributed by atoms with van der Waals surface area (Å²) in [5, 5.41) is 14.2. The van der Waals surface area contributed by atoms with Gasteiger partial charge in [-0.05, 0) is 97.1 Å². The Labute approximate surface area is 550 Å². The number of aromatic nitrogens is 15. The van der Waals surface area contributed by atoms with E-state index in [1.165, 1.54) is 92.8 Å². The topological polar surface area (TPSA) is 211 Å². The van der Waals surface area contributed by atoms with E-state index in [1.807, 2.05) is 142 Å². The van der Waals surface area contributed by atoms with Gasteiger partial charge in [-0.15, -0.1) is 0 Å². The molecule has 8 aromatic carbocycles. The first-order valence-electron chi connectivity index (χ1n) is 31.9. The average Bonchev–Trinajstić information content (AvgIpc) is 1.68. The zero-order valence-corrected chi connectivity index (χ0v) is 53.2. The van der Waals surface area contributed by atoms with Gasteiger partial charge in [-0.2, -0.15) is 0 Å². The molecule has 1 aliphatic rings. The first-order chi connectivity index (χ1) is 47.2. The van der Waals surface area contributed by atoms with Crippen molar-refractivity contribution in [2.24, 2.45) is 0 Å².